The molecule has 0 aromatic heterocycles. The molecule has 0 aliphatic heterocycles. The smallest absolute Gasteiger partial charge is 0.333 e. The average molecular weight is 284 g/mol. The van der Waals surface area contributed by atoms with Gasteiger partial charge < -0.3 is 9.38 Å². The normalized spacial score (nSPS) is 13.9. The maximum absolute atomic E-state index is 11.4. The van der Waals surface area contributed by atoms with Gasteiger partial charge in [0, 0.05) is 0 Å². The molecule has 0 aromatic rings. The molecule has 0 saturated carbocycles. The Labute approximate surface area is 112 Å². The lowest BCUT2D eigenvalue weighted by atomic mass is 10.2. The standard InChI is InChI=1S/C8H19O4P.C4H12N/c1-7(2,3)11-13(9,10)12-8(4,5)6;1-5(2,3)4/h1-6H3,(H,9,10);1-4H3/q;+1. The highest BCUT2D eigenvalue weighted by Crippen LogP contribution is 2.50. The first-order chi connectivity index (χ1) is 7.41. The second kappa shape index (κ2) is 6.49. The highest BCUT2D eigenvalue weighted by Gasteiger charge is 2.33. The molecule has 0 unspecified atom stereocenters. The molecule has 0 saturated heterocycles. The quantitative estimate of drug-likeness (QED) is 0.625. The lowest BCUT2D eigenvalue weighted by Crippen LogP contribution is -2.27. The van der Waals surface area contributed by atoms with Gasteiger partial charge in [-0.3, -0.25) is 9.05 Å². The van der Waals surface area contributed by atoms with Crippen molar-refractivity contribution in [1.29, 1.82) is 0 Å². The van der Waals surface area contributed by atoms with E-state index in [0.717, 1.165) is 4.48 Å². The minimum absolute atomic E-state index is 0.685. The number of phosphoric ester groups is 1. The molecule has 0 rings (SSSR count). The van der Waals surface area contributed by atoms with E-state index < -0.39 is 19.0 Å². The monoisotopic (exact) mass is 284 g/mol. The molecule has 112 valence electrons. The molecule has 0 spiro atoms. The van der Waals surface area contributed by atoms with Gasteiger partial charge in [0.2, 0.25) is 0 Å². The number of hydrogen-bond donors (Lipinski definition) is 1. The van der Waals surface area contributed by atoms with Crippen LogP contribution >= 0.6 is 7.82 Å². The first-order valence-corrected chi connectivity index (χ1v) is 7.44. The molecule has 1 N–H and O–H groups in total. The highest BCUT2D eigenvalue weighted by molar-refractivity contribution is 7.47. The Bertz CT molecular complexity index is 258. The summed E-state index contributed by atoms with van der Waals surface area (Å²) in [6, 6.07) is 0. The first-order valence-electron chi connectivity index (χ1n) is 5.94. The largest absolute Gasteiger partial charge is 0.473 e. The number of phosphoric acid groups is 1. The van der Waals surface area contributed by atoms with E-state index in [1.807, 2.05) is 0 Å². The van der Waals surface area contributed by atoms with Crippen LogP contribution in [0.3, 0.4) is 0 Å². The molecule has 0 radical (unpaired) electrons. The van der Waals surface area contributed by atoms with Crippen molar-refractivity contribution < 1.29 is 23.0 Å². The second-order valence-electron chi connectivity index (χ2n) is 7.56. The van der Waals surface area contributed by atoms with E-state index in [0.29, 0.717) is 0 Å². The lowest BCUT2D eigenvalue weighted by molar-refractivity contribution is -0.849. The van der Waals surface area contributed by atoms with Gasteiger partial charge >= 0.3 is 7.82 Å². The number of hydrogen-bond acceptors (Lipinski definition) is 3. The zero-order valence-electron chi connectivity index (χ0n) is 13.6. The van der Waals surface area contributed by atoms with Gasteiger partial charge in [0.05, 0.1) is 39.4 Å². The summed E-state index contributed by atoms with van der Waals surface area (Å²) in [5.41, 5.74) is -1.37. The fourth-order valence-corrected chi connectivity index (χ4v) is 2.13. The zero-order valence-corrected chi connectivity index (χ0v) is 14.5. The van der Waals surface area contributed by atoms with Gasteiger partial charge in [0.25, 0.3) is 0 Å². The zero-order chi connectivity index (χ0) is 15.4. The van der Waals surface area contributed by atoms with E-state index in [-0.39, 0.29) is 0 Å². The van der Waals surface area contributed by atoms with Crippen molar-refractivity contribution in [2.45, 2.75) is 52.7 Å². The third-order valence-corrected chi connectivity index (χ3v) is 2.34. The van der Waals surface area contributed by atoms with Gasteiger partial charge in [0.1, 0.15) is 0 Å². The van der Waals surface area contributed by atoms with Gasteiger partial charge in [-0.25, -0.2) is 4.57 Å². The van der Waals surface area contributed by atoms with Crippen molar-refractivity contribution >= 4 is 7.82 Å². The summed E-state index contributed by atoms with van der Waals surface area (Å²) in [4.78, 5) is 9.30. The minimum atomic E-state index is -3.94. The van der Waals surface area contributed by atoms with Crippen molar-refractivity contribution in [1.82, 2.24) is 0 Å². The molecular formula is C12H31NO4P+. The van der Waals surface area contributed by atoms with E-state index >= 15 is 0 Å². The molecule has 5 nitrogen and oxygen atoms in total. The van der Waals surface area contributed by atoms with Crippen LogP contribution in [-0.4, -0.2) is 48.8 Å². The summed E-state index contributed by atoms with van der Waals surface area (Å²) in [5, 5.41) is 0. The van der Waals surface area contributed by atoms with Crippen LogP contribution in [0.1, 0.15) is 41.5 Å². The van der Waals surface area contributed by atoms with Gasteiger partial charge in [-0.1, -0.05) is 0 Å². The van der Waals surface area contributed by atoms with E-state index in [2.05, 4.69) is 28.2 Å². The molecular weight excluding hydrogens is 253 g/mol. The third-order valence-electron chi connectivity index (χ3n) is 0.778. The fraction of sp³-hybridized carbons (Fsp3) is 1.00. The predicted octanol–water partition coefficient (Wildman–Crippen LogP) is 3.04. The van der Waals surface area contributed by atoms with Gasteiger partial charge in [-0.15, -0.1) is 0 Å². The van der Waals surface area contributed by atoms with Crippen LogP contribution in [-0.2, 0) is 13.6 Å². The van der Waals surface area contributed by atoms with Crippen molar-refractivity contribution in [3.8, 4) is 0 Å². The van der Waals surface area contributed by atoms with Crippen molar-refractivity contribution in [3.05, 3.63) is 0 Å². The van der Waals surface area contributed by atoms with E-state index in [1.54, 1.807) is 41.5 Å². The van der Waals surface area contributed by atoms with Crippen LogP contribution in [0.5, 0.6) is 0 Å². The Morgan fingerprint density at radius 1 is 0.833 bits per heavy atom. The minimum Gasteiger partial charge on any atom is -0.333 e. The van der Waals surface area contributed by atoms with E-state index in [1.165, 1.54) is 0 Å². The Morgan fingerprint density at radius 2 is 1.00 bits per heavy atom. The van der Waals surface area contributed by atoms with Crippen molar-refractivity contribution in [2.24, 2.45) is 0 Å². The van der Waals surface area contributed by atoms with Crippen LogP contribution in [0.25, 0.3) is 0 Å². The molecule has 0 aromatic carbocycles. The second-order valence-corrected chi connectivity index (χ2v) is 8.86. The van der Waals surface area contributed by atoms with Crippen LogP contribution in [0.4, 0.5) is 0 Å². The molecule has 18 heavy (non-hydrogen) atoms. The third kappa shape index (κ3) is 25.1. The summed E-state index contributed by atoms with van der Waals surface area (Å²) in [6.45, 7) is 10.2. The summed E-state index contributed by atoms with van der Waals surface area (Å²) >= 11 is 0. The average Bonchev–Trinajstić information content (AvgIpc) is 1.64. The first kappa shape index (κ1) is 20.4. The number of rotatable bonds is 2. The van der Waals surface area contributed by atoms with E-state index in [4.69, 9.17) is 9.05 Å². The van der Waals surface area contributed by atoms with Crippen LogP contribution in [0.15, 0.2) is 0 Å². The Hall–Kier alpha value is 0.0700. The molecule has 0 aliphatic carbocycles. The van der Waals surface area contributed by atoms with Crippen LogP contribution < -0.4 is 0 Å². The predicted molar refractivity (Wildman–Crippen MR) is 75.5 cm³/mol. The summed E-state index contributed by atoms with van der Waals surface area (Å²) in [6.07, 6.45) is 0. The summed E-state index contributed by atoms with van der Waals surface area (Å²) in [5.74, 6) is 0. The Balaban J connectivity index is 0. The molecule has 0 amide bonds. The Morgan fingerprint density at radius 3 is 1.11 bits per heavy atom. The number of quaternary nitrogens is 1. The lowest BCUT2D eigenvalue weighted by Gasteiger charge is -2.27. The SMILES string of the molecule is CC(C)(C)OP(=O)(O)OC(C)(C)C.C[N+](C)(C)C. The van der Waals surface area contributed by atoms with Gasteiger partial charge in [-0.05, 0) is 41.5 Å². The van der Waals surface area contributed by atoms with E-state index in [9.17, 15) is 9.46 Å². The fourth-order valence-electron chi connectivity index (χ4n) is 0.711. The summed E-state index contributed by atoms with van der Waals surface area (Å²) in [7, 11) is 4.56. The topological polar surface area (TPSA) is 55.8 Å². The van der Waals surface area contributed by atoms with Crippen molar-refractivity contribution in [3.63, 3.8) is 0 Å². The molecule has 0 atom stereocenters. The maximum Gasteiger partial charge on any atom is 0.473 e. The number of nitrogens with zero attached hydrogens (tertiary/aromatic N) is 1. The van der Waals surface area contributed by atoms with Crippen LogP contribution in [0, 0.1) is 0 Å². The van der Waals surface area contributed by atoms with Gasteiger partial charge in [-0.2, -0.15) is 0 Å². The molecule has 0 fully saturated rings. The van der Waals surface area contributed by atoms with Crippen LogP contribution in [0.2, 0.25) is 0 Å². The van der Waals surface area contributed by atoms with Gasteiger partial charge in [0.15, 0.2) is 0 Å². The molecule has 0 heterocycles. The Kier molecular flexibility index (Phi) is 7.35. The van der Waals surface area contributed by atoms with Crippen molar-refractivity contribution in [2.75, 3.05) is 28.2 Å². The molecule has 6 heteroatoms. The maximum atomic E-state index is 11.4. The molecule has 0 aliphatic rings. The summed E-state index contributed by atoms with van der Waals surface area (Å²) < 4.78 is 22.1. The highest BCUT2D eigenvalue weighted by atomic mass is 31.2. The molecule has 0 bridgehead atoms.